The van der Waals surface area contributed by atoms with Gasteiger partial charge in [-0.2, -0.15) is 13.2 Å². The van der Waals surface area contributed by atoms with Crippen molar-refractivity contribution in [3.8, 4) is 0 Å². The summed E-state index contributed by atoms with van der Waals surface area (Å²) < 4.78 is 41.4. The summed E-state index contributed by atoms with van der Waals surface area (Å²) in [5.41, 5.74) is 0.197. The predicted molar refractivity (Wildman–Crippen MR) is 72.8 cm³/mol. The highest BCUT2D eigenvalue weighted by Crippen LogP contribution is 2.48. The summed E-state index contributed by atoms with van der Waals surface area (Å²) in [5.74, 6) is 0.459. The van der Waals surface area contributed by atoms with Gasteiger partial charge in [0.05, 0.1) is 6.42 Å². The molecule has 0 aromatic heterocycles. The van der Waals surface area contributed by atoms with Gasteiger partial charge in [0.15, 0.2) is 5.96 Å². The molecule has 0 aromatic carbocycles. The van der Waals surface area contributed by atoms with E-state index in [0.717, 1.165) is 19.3 Å². The van der Waals surface area contributed by atoms with Crippen molar-refractivity contribution >= 4 is 5.96 Å². The van der Waals surface area contributed by atoms with Gasteiger partial charge in [-0.1, -0.05) is 0 Å². The summed E-state index contributed by atoms with van der Waals surface area (Å²) >= 11 is 0. The number of ether oxygens (including phenoxy) is 1. The number of nitrogens with one attached hydrogen (secondary N) is 2. The number of nitrogens with zero attached hydrogens (tertiary/aromatic N) is 1. The number of hydrogen-bond acceptors (Lipinski definition) is 2. The van der Waals surface area contributed by atoms with Crippen molar-refractivity contribution in [3.63, 3.8) is 0 Å². The molecule has 2 N–H and O–H groups in total. The number of rotatable bonds is 8. The standard InChI is InChI=1S/C13H24F3N3O/c1-3-17-11(18-8-6-13(14,15)16)19-10-12(4-5-12)7-9-20-2/h3-10H2,1-2H3,(H2,17,18,19). The minimum Gasteiger partial charge on any atom is -0.385 e. The first-order chi connectivity index (χ1) is 9.41. The third-order valence-corrected chi connectivity index (χ3v) is 3.41. The molecular weight excluding hydrogens is 271 g/mol. The molecule has 1 fully saturated rings. The Bertz CT molecular complexity index is 314. The van der Waals surface area contributed by atoms with Gasteiger partial charge in [-0.3, -0.25) is 4.99 Å². The summed E-state index contributed by atoms with van der Waals surface area (Å²) in [6.45, 7) is 3.70. The lowest BCUT2D eigenvalue weighted by molar-refractivity contribution is -0.132. The van der Waals surface area contributed by atoms with Crippen LogP contribution in [0.3, 0.4) is 0 Å². The molecule has 0 aliphatic heterocycles. The molecule has 0 saturated heterocycles. The van der Waals surface area contributed by atoms with E-state index in [2.05, 4.69) is 15.6 Å². The lowest BCUT2D eigenvalue weighted by Crippen LogP contribution is -2.39. The predicted octanol–water partition coefficient (Wildman–Crippen LogP) is 2.31. The fraction of sp³-hybridized carbons (Fsp3) is 0.923. The summed E-state index contributed by atoms with van der Waals surface area (Å²) in [6.07, 6.45) is -1.81. The normalized spacial score (nSPS) is 17.9. The first-order valence-corrected chi connectivity index (χ1v) is 6.99. The summed E-state index contributed by atoms with van der Waals surface area (Å²) in [7, 11) is 1.67. The zero-order valence-corrected chi connectivity index (χ0v) is 12.1. The van der Waals surface area contributed by atoms with Gasteiger partial charge in [-0.15, -0.1) is 0 Å². The van der Waals surface area contributed by atoms with Crippen molar-refractivity contribution in [1.82, 2.24) is 10.6 Å². The number of methoxy groups -OCH3 is 1. The molecule has 0 radical (unpaired) electrons. The van der Waals surface area contributed by atoms with E-state index in [9.17, 15) is 13.2 Å². The molecule has 0 heterocycles. The highest BCUT2D eigenvalue weighted by molar-refractivity contribution is 5.79. The minimum atomic E-state index is -4.14. The number of guanidine groups is 1. The van der Waals surface area contributed by atoms with Crippen LogP contribution < -0.4 is 10.6 Å². The molecule has 0 spiro atoms. The molecule has 20 heavy (non-hydrogen) atoms. The average molecular weight is 295 g/mol. The highest BCUT2D eigenvalue weighted by Gasteiger charge is 2.41. The maximum Gasteiger partial charge on any atom is 0.390 e. The molecule has 4 nitrogen and oxygen atoms in total. The second-order valence-electron chi connectivity index (χ2n) is 5.23. The van der Waals surface area contributed by atoms with E-state index in [1.165, 1.54) is 0 Å². The van der Waals surface area contributed by atoms with E-state index in [4.69, 9.17) is 4.74 Å². The average Bonchev–Trinajstić information content (AvgIpc) is 3.13. The van der Waals surface area contributed by atoms with Gasteiger partial charge in [0, 0.05) is 33.4 Å². The van der Waals surface area contributed by atoms with E-state index in [1.54, 1.807) is 7.11 Å². The Morgan fingerprint density at radius 2 is 2.00 bits per heavy atom. The highest BCUT2D eigenvalue weighted by atomic mass is 19.4. The van der Waals surface area contributed by atoms with Crippen LogP contribution in [0.1, 0.15) is 32.6 Å². The van der Waals surface area contributed by atoms with Crippen LogP contribution in [0.25, 0.3) is 0 Å². The van der Waals surface area contributed by atoms with Gasteiger partial charge in [-0.25, -0.2) is 0 Å². The monoisotopic (exact) mass is 295 g/mol. The van der Waals surface area contributed by atoms with Gasteiger partial charge < -0.3 is 15.4 Å². The van der Waals surface area contributed by atoms with E-state index >= 15 is 0 Å². The third-order valence-electron chi connectivity index (χ3n) is 3.41. The summed E-state index contributed by atoms with van der Waals surface area (Å²) in [6, 6.07) is 0. The Balaban J connectivity index is 2.38. The van der Waals surface area contributed by atoms with E-state index in [1.807, 2.05) is 6.92 Å². The summed E-state index contributed by atoms with van der Waals surface area (Å²) in [5, 5.41) is 5.69. The molecule has 1 saturated carbocycles. The van der Waals surface area contributed by atoms with Gasteiger partial charge in [0.2, 0.25) is 0 Å². The van der Waals surface area contributed by atoms with Crippen molar-refractivity contribution in [2.24, 2.45) is 10.4 Å². The Kier molecular flexibility index (Phi) is 6.58. The van der Waals surface area contributed by atoms with Crippen LogP contribution in [0.4, 0.5) is 13.2 Å². The maximum atomic E-state index is 12.1. The lowest BCUT2D eigenvalue weighted by atomic mass is 10.0. The van der Waals surface area contributed by atoms with Crippen molar-refractivity contribution < 1.29 is 17.9 Å². The molecule has 0 bridgehead atoms. The third kappa shape index (κ3) is 6.98. The van der Waals surface area contributed by atoms with E-state index < -0.39 is 12.6 Å². The van der Waals surface area contributed by atoms with Crippen LogP contribution in [0.5, 0.6) is 0 Å². The number of hydrogen-bond donors (Lipinski definition) is 2. The quantitative estimate of drug-likeness (QED) is 0.533. The van der Waals surface area contributed by atoms with Crippen molar-refractivity contribution in [1.29, 1.82) is 0 Å². The van der Waals surface area contributed by atoms with Crippen LogP contribution in [-0.4, -0.2) is 45.5 Å². The fourth-order valence-electron chi connectivity index (χ4n) is 1.89. The van der Waals surface area contributed by atoms with E-state index in [0.29, 0.717) is 25.7 Å². The molecule has 1 aliphatic carbocycles. The van der Waals surface area contributed by atoms with Crippen LogP contribution in [0.15, 0.2) is 4.99 Å². The number of halogens is 3. The molecule has 0 atom stereocenters. The van der Waals surface area contributed by atoms with Crippen LogP contribution in [-0.2, 0) is 4.74 Å². The van der Waals surface area contributed by atoms with Crippen molar-refractivity contribution in [2.75, 3.05) is 33.4 Å². The molecule has 0 unspecified atom stereocenters. The smallest absolute Gasteiger partial charge is 0.385 e. The minimum absolute atomic E-state index is 0.152. The lowest BCUT2D eigenvalue weighted by Gasteiger charge is -2.15. The molecule has 1 rings (SSSR count). The molecule has 1 aliphatic rings. The Hall–Kier alpha value is -0.980. The van der Waals surface area contributed by atoms with Crippen LogP contribution in [0, 0.1) is 5.41 Å². The summed E-state index contributed by atoms with van der Waals surface area (Å²) in [4.78, 5) is 4.39. The second-order valence-corrected chi connectivity index (χ2v) is 5.23. The topological polar surface area (TPSA) is 45.7 Å². The molecule has 118 valence electrons. The molecular formula is C13H24F3N3O. The number of alkyl halides is 3. The Labute approximate surface area is 118 Å². The molecule has 7 heteroatoms. The first-order valence-electron chi connectivity index (χ1n) is 6.99. The Morgan fingerprint density at radius 1 is 1.30 bits per heavy atom. The van der Waals surface area contributed by atoms with Crippen LogP contribution in [0.2, 0.25) is 0 Å². The van der Waals surface area contributed by atoms with E-state index in [-0.39, 0.29) is 12.0 Å². The van der Waals surface area contributed by atoms with Crippen LogP contribution >= 0.6 is 0 Å². The second kappa shape index (κ2) is 7.71. The SMILES string of the molecule is CCNC(=NCC1(CCOC)CC1)NCCC(F)(F)F. The zero-order chi connectivity index (χ0) is 15.1. The van der Waals surface area contributed by atoms with Gasteiger partial charge in [0.25, 0.3) is 0 Å². The van der Waals surface area contributed by atoms with Crippen molar-refractivity contribution in [2.45, 2.75) is 38.8 Å². The Morgan fingerprint density at radius 3 is 2.50 bits per heavy atom. The van der Waals surface area contributed by atoms with Gasteiger partial charge >= 0.3 is 6.18 Å². The maximum absolute atomic E-state index is 12.1. The van der Waals surface area contributed by atoms with Gasteiger partial charge in [0.1, 0.15) is 0 Å². The van der Waals surface area contributed by atoms with Gasteiger partial charge in [-0.05, 0) is 31.6 Å². The first kappa shape index (κ1) is 17.1. The fourth-order valence-corrected chi connectivity index (χ4v) is 1.89. The largest absolute Gasteiger partial charge is 0.390 e. The number of aliphatic imine (C=N–C) groups is 1. The zero-order valence-electron chi connectivity index (χ0n) is 12.1. The van der Waals surface area contributed by atoms with Crippen molar-refractivity contribution in [3.05, 3.63) is 0 Å². The molecule has 0 amide bonds. The molecule has 0 aromatic rings.